The SMILES string of the molecule is C[NH+](C)CCNc1ncnc2sc(-c3ccccc3)cc12. The highest BCUT2D eigenvalue weighted by atomic mass is 32.1. The van der Waals surface area contributed by atoms with Gasteiger partial charge in [-0.1, -0.05) is 30.3 Å². The summed E-state index contributed by atoms with van der Waals surface area (Å²) in [7, 11) is 4.30. The molecule has 5 heteroatoms. The minimum absolute atomic E-state index is 0.908. The van der Waals surface area contributed by atoms with E-state index in [0.29, 0.717) is 0 Å². The van der Waals surface area contributed by atoms with E-state index in [2.05, 4.69) is 59.7 Å². The number of hydrogen-bond donors (Lipinski definition) is 2. The van der Waals surface area contributed by atoms with E-state index in [4.69, 9.17) is 0 Å². The summed E-state index contributed by atoms with van der Waals surface area (Å²) in [5, 5.41) is 4.53. The van der Waals surface area contributed by atoms with Gasteiger partial charge in [-0.25, -0.2) is 9.97 Å². The lowest BCUT2D eigenvalue weighted by Gasteiger charge is -2.09. The summed E-state index contributed by atoms with van der Waals surface area (Å²) in [6.07, 6.45) is 1.64. The average molecular weight is 299 g/mol. The lowest BCUT2D eigenvalue weighted by atomic mass is 10.2. The molecular formula is C16H19N4S+. The summed E-state index contributed by atoms with van der Waals surface area (Å²) in [6, 6.07) is 12.6. The molecule has 0 radical (unpaired) electrons. The van der Waals surface area contributed by atoms with Gasteiger partial charge in [0.2, 0.25) is 0 Å². The lowest BCUT2D eigenvalue weighted by Crippen LogP contribution is -3.06. The molecule has 2 heterocycles. The van der Waals surface area contributed by atoms with E-state index >= 15 is 0 Å². The number of nitrogens with one attached hydrogen (secondary N) is 2. The summed E-state index contributed by atoms with van der Waals surface area (Å²) in [5.41, 5.74) is 1.23. The van der Waals surface area contributed by atoms with Crippen molar-refractivity contribution < 1.29 is 4.90 Å². The Morgan fingerprint density at radius 3 is 2.71 bits per heavy atom. The van der Waals surface area contributed by atoms with Crippen molar-refractivity contribution in [2.24, 2.45) is 0 Å². The van der Waals surface area contributed by atoms with Gasteiger partial charge in [0.25, 0.3) is 0 Å². The molecule has 0 atom stereocenters. The molecule has 1 aromatic carbocycles. The molecule has 0 fully saturated rings. The highest BCUT2D eigenvalue weighted by Gasteiger charge is 2.09. The third-order valence-electron chi connectivity index (χ3n) is 3.31. The van der Waals surface area contributed by atoms with Gasteiger partial charge in [-0.05, 0) is 11.6 Å². The van der Waals surface area contributed by atoms with Crippen molar-refractivity contribution in [2.45, 2.75) is 0 Å². The van der Waals surface area contributed by atoms with Crippen LogP contribution < -0.4 is 10.2 Å². The first-order chi connectivity index (χ1) is 10.2. The second kappa shape index (κ2) is 6.20. The Hall–Kier alpha value is -1.98. The fraction of sp³-hybridized carbons (Fsp3) is 0.250. The number of anilines is 1. The highest BCUT2D eigenvalue weighted by Crippen LogP contribution is 2.34. The van der Waals surface area contributed by atoms with Gasteiger partial charge in [-0.3, -0.25) is 0 Å². The van der Waals surface area contributed by atoms with E-state index in [-0.39, 0.29) is 0 Å². The van der Waals surface area contributed by atoms with Crippen LogP contribution in [0.3, 0.4) is 0 Å². The molecule has 3 aromatic rings. The predicted octanol–water partition coefficient (Wildman–Crippen LogP) is 1.91. The van der Waals surface area contributed by atoms with Crippen LogP contribution in [-0.4, -0.2) is 37.2 Å². The zero-order valence-electron chi connectivity index (χ0n) is 12.3. The van der Waals surface area contributed by atoms with Crippen molar-refractivity contribution in [3.8, 4) is 10.4 Å². The molecule has 4 nitrogen and oxygen atoms in total. The molecule has 0 saturated carbocycles. The highest BCUT2D eigenvalue weighted by molar-refractivity contribution is 7.21. The smallest absolute Gasteiger partial charge is 0.138 e. The Kier molecular flexibility index (Phi) is 4.13. The van der Waals surface area contributed by atoms with Crippen molar-refractivity contribution in [3.63, 3.8) is 0 Å². The van der Waals surface area contributed by atoms with Crippen molar-refractivity contribution in [1.29, 1.82) is 0 Å². The number of aromatic nitrogens is 2. The van der Waals surface area contributed by atoms with E-state index < -0.39 is 0 Å². The summed E-state index contributed by atoms with van der Waals surface area (Å²) in [4.78, 5) is 12.5. The maximum Gasteiger partial charge on any atom is 0.138 e. The van der Waals surface area contributed by atoms with Gasteiger partial charge in [-0.2, -0.15) is 0 Å². The van der Waals surface area contributed by atoms with E-state index in [9.17, 15) is 0 Å². The van der Waals surface area contributed by atoms with Crippen LogP contribution in [0, 0.1) is 0 Å². The number of quaternary nitrogens is 1. The number of benzene rings is 1. The summed E-state index contributed by atoms with van der Waals surface area (Å²) in [6.45, 7) is 1.96. The first-order valence-electron chi connectivity index (χ1n) is 7.07. The molecule has 21 heavy (non-hydrogen) atoms. The number of thiophene rings is 1. The van der Waals surface area contributed by atoms with Crippen LogP contribution in [0.4, 0.5) is 5.82 Å². The van der Waals surface area contributed by atoms with Crippen LogP contribution in [0.1, 0.15) is 0 Å². The topological polar surface area (TPSA) is 42.2 Å². The van der Waals surface area contributed by atoms with Gasteiger partial charge in [-0.15, -0.1) is 11.3 Å². The van der Waals surface area contributed by atoms with Crippen LogP contribution in [0.25, 0.3) is 20.7 Å². The first kappa shape index (κ1) is 14.0. The number of hydrogen-bond acceptors (Lipinski definition) is 4. The zero-order chi connectivity index (χ0) is 14.7. The van der Waals surface area contributed by atoms with Crippen LogP contribution in [0.2, 0.25) is 0 Å². The van der Waals surface area contributed by atoms with Gasteiger partial charge < -0.3 is 10.2 Å². The minimum atomic E-state index is 0.908. The van der Waals surface area contributed by atoms with Crippen LogP contribution in [-0.2, 0) is 0 Å². The number of fused-ring (bicyclic) bond motifs is 1. The predicted molar refractivity (Wildman–Crippen MR) is 89.0 cm³/mol. The van der Waals surface area contributed by atoms with Gasteiger partial charge >= 0.3 is 0 Å². The second-order valence-corrected chi connectivity index (χ2v) is 6.33. The Labute approximate surface area is 128 Å². The normalized spacial score (nSPS) is 11.2. The molecule has 0 aliphatic carbocycles. The van der Waals surface area contributed by atoms with Gasteiger partial charge in [0.05, 0.1) is 32.6 Å². The van der Waals surface area contributed by atoms with Crippen molar-refractivity contribution >= 4 is 27.4 Å². The number of likely N-dealkylation sites (N-methyl/N-ethyl adjacent to an activating group) is 1. The molecule has 2 aromatic heterocycles. The van der Waals surface area contributed by atoms with Crippen LogP contribution >= 0.6 is 11.3 Å². The van der Waals surface area contributed by atoms with Gasteiger partial charge in [0.1, 0.15) is 17.0 Å². The molecular weight excluding hydrogens is 280 g/mol. The fourth-order valence-corrected chi connectivity index (χ4v) is 3.18. The average Bonchev–Trinajstić information content (AvgIpc) is 2.93. The van der Waals surface area contributed by atoms with E-state index in [1.807, 2.05) is 6.07 Å². The Morgan fingerprint density at radius 1 is 1.14 bits per heavy atom. The molecule has 2 N–H and O–H groups in total. The molecule has 3 rings (SSSR count). The van der Waals surface area contributed by atoms with Crippen molar-refractivity contribution in [1.82, 2.24) is 9.97 Å². The summed E-state index contributed by atoms with van der Waals surface area (Å²) in [5.74, 6) is 0.930. The molecule has 0 spiro atoms. The van der Waals surface area contributed by atoms with Crippen molar-refractivity contribution in [2.75, 3.05) is 32.5 Å². The number of nitrogens with zero attached hydrogens (tertiary/aromatic N) is 2. The molecule has 0 amide bonds. The standard InChI is InChI=1S/C16H18N4S/c1-20(2)9-8-17-15-13-10-14(12-6-4-3-5-7-12)21-16(13)19-11-18-15/h3-7,10-11H,8-9H2,1-2H3,(H,17,18,19)/p+1. The monoisotopic (exact) mass is 299 g/mol. The quantitative estimate of drug-likeness (QED) is 0.756. The van der Waals surface area contributed by atoms with Crippen LogP contribution in [0.15, 0.2) is 42.7 Å². The molecule has 108 valence electrons. The third-order valence-corrected chi connectivity index (χ3v) is 4.40. The Balaban J connectivity index is 1.90. The van der Waals surface area contributed by atoms with Gasteiger partial charge in [0, 0.05) is 4.88 Å². The minimum Gasteiger partial charge on any atom is -0.364 e. The molecule has 0 aliphatic rings. The second-order valence-electron chi connectivity index (χ2n) is 5.30. The van der Waals surface area contributed by atoms with Gasteiger partial charge in [0.15, 0.2) is 0 Å². The zero-order valence-corrected chi connectivity index (χ0v) is 13.1. The van der Waals surface area contributed by atoms with E-state index in [1.165, 1.54) is 15.3 Å². The molecule has 0 saturated heterocycles. The Bertz CT molecular complexity index is 721. The van der Waals surface area contributed by atoms with Crippen molar-refractivity contribution in [3.05, 3.63) is 42.7 Å². The number of rotatable bonds is 5. The van der Waals surface area contributed by atoms with Crippen LogP contribution in [0.5, 0.6) is 0 Å². The third kappa shape index (κ3) is 3.20. The molecule has 0 unspecified atom stereocenters. The molecule has 0 bridgehead atoms. The van der Waals surface area contributed by atoms with E-state index in [1.54, 1.807) is 17.7 Å². The maximum atomic E-state index is 4.39. The van der Waals surface area contributed by atoms with E-state index in [0.717, 1.165) is 29.1 Å². The largest absolute Gasteiger partial charge is 0.364 e. The summed E-state index contributed by atoms with van der Waals surface area (Å²) < 4.78 is 0. The lowest BCUT2D eigenvalue weighted by molar-refractivity contribution is -0.856. The fourth-order valence-electron chi connectivity index (χ4n) is 2.17. The maximum absolute atomic E-state index is 4.39. The molecule has 0 aliphatic heterocycles. The summed E-state index contributed by atoms with van der Waals surface area (Å²) >= 11 is 1.71. The Morgan fingerprint density at radius 2 is 1.95 bits per heavy atom. The first-order valence-corrected chi connectivity index (χ1v) is 7.88.